The number of ketones is 1. The summed E-state index contributed by atoms with van der Waals surface area (Å²) in [6.45, 7) is 1.61. The Morgan fingerprint density at radius 1 is 1.21 bits per heavy atom. The van der Waals surface area contributed by atoms with Crippen molar-refractivity contribution in [1.82, 2.24) is 0 Å². The van der Waals surface area contributed by atoms with Gasteiger partial charge in [0.05, 0.1) is 0 Å². The molecule has 0 unspecified atom stereocenters. The van der Waals surface area contributed by atoms with E-state index in [1.54, 1.807) is 6.92 Å². The smallest absolute Gasteiger partial charge is 0.160 e. The van der Waals surface area contributed by atoms with Crippen LogP contribution in [0.5, 0.6) is 0 Å². The fourth-order valence-corrected chi connectivity index (χ4v) is 2.04. The van der Waals surface area contributed by atoms with Crippen molar-refractivity contribution in [3.05, 3.63) is 45.5 Å². The molecule has 2 aromatic rings. The van der Waals surface area contributed by atoms with Crippen molar-refractivity contribution in [2.24, 2.45) is 0 Å². The van der Waals surface area contributed by atoms with E-state index in [1.165, 1.54) is 0 Å². The molecular formula is C12H9IO. The summed E-state index contributed by atoms with van der Waals surface area (Å²) in [6.07, 6.45) is 0. The molecule has 0 atom stereocenters. The molecule has 1 nitrogen and oxygen atoms in total. The molecule has 0 aliphatic heterocycles. The van der Waals surface area contributed by atoms with Crippen LogP contribution in [0.2, 0.25) is 0 Å². The first kappa shape index (κ1) is 9.65. The van der Waals surface area contributed by atoms with Crippen LogP contribution < -0.4 is 0 Å². The number of hydrogen-bond donors (Lipinski definition) is 0. The fourth-order valence-electron chi connectivity index (χ4n) is 1.55. The quantitative estimate of drug-likeness (QED) is 0.580. The van der Waals surface area contributed by atoms with Crippen molar-refractivity contribution in [2.75, 3.05) is 0 Å². The maximum atomic E-state index is 11.4. The zero-order valence-corrected chi connectivity index (χ0v) is 9.91. The van der Waals surface area contributed by atoms with E-state index in [2.05, 4.69) is 22.6 Å². The van der Waals surface area contributed by atoms with E-state index in [0.717, 1.165) is 19.9 Å². The first-order valence-corrected chi connectivity index (χ1v) is 5.45. The highest BCUT2D eigenvalue weighted by atomic mass is 127. The summed E-state index contributed by atoms with van der Waals surface area (Å²) in [5, 5.41) is 2.17. The molecule has 0 N–H and O–H groups in total. The second-order valence-corrected chi connectivity index (χ2v) is 4.47. The first-order valence-electron chi connectivity index (χ1n) is 4.38. The molecule has 0 amide bonds. The van der Waals surface area contributed by atoms with Crippen LogP contribution in [0.25, 0.3) is 10.8 Å². The van der Waals surface area contributed by atoms with Gasteiger partial charge in [0, 0.05) is 9.13 Å². The van der Waals surface area contributed by atoms with Crippen LogP contribution in [0.15, 0.2) is 36.4 Å². The molecule has 0 radical (unpaired) electrons. The largest absolute Gasteiger partial charge is 0.294 e. The molecule has 70 valence electrons. The van der Waals surface area contributed by atoms with E-state index in [-0.39, 0.29) is 5.78 Å². The van der Waals surface area contributed by atoms with Gasteiger partial charge in [0.25, 0.3) is 0 Å². The van der Waals surface area contributed by atoms with Gasteiger partial charge in [-0.3, -0.25) is 4.79 Å². The van der Waals surface area contributed by atoms with Crippen LogP contribution in [0.4, 0.5) is 0 Å². The molecule has 2 rings (SSSR count). The summed E-state index contributed by atoms with van der Waals surface area (Å²) in [5.41, 5.74) is 0.806. The molecule has 0 fully saturated rings. The molecule has 0 saturated carbocycles. The second-order valence-electron chi connectivity index (χ2n) is 3.23. The van der Waals surface area contributed by atoms with Gasteiger partial charge in [-0.25, -0.2) is 0 Å². The third kappa shape index (κ3) is 1.66. The van der Waals surface area contributed by atoms with Gasteiger partial charge in [0.2, 0.25) is 0 Å². The van der Waals surface area contributed by atoms with Crippen molar-refractivity contribution in [2.45, 2.75) is 6.92 Å². The van der Waals surface area contributed by atoms with Crippen LogP contribution in [0, 0.1) is 3.57 Å². The molecule has 0 spiro atoms. The average Bonchev–Trinajstić information content (AvgIpc) is 2.16. The summed E-state index contributed by atoms with van der Waals surface area (Å²) in [7, 11) is 0. The second kappa shape index (κ2) is 3.69. The first-order chi connectivity index (χ1) is 6.68. The summed E-state index contributed by atoms with van der Waals surface area (Å²) in [4.78, 5) is 11.4. The predicted octanol–water partition coefficient (Wildman–Crippen LogP) is 3.65. The lowest BCUT2D eigenvalue weighted by Gasteiger charge is -2.03. The Morgan fingerprint density at radius 3 is 2.71 bits per heavy atom. The van der Waals surface area contributed by atoms with Crippen LogP contribution in [-0.4, -0.2) is 5.78 Å². The van der Waals surface area contributed by atoms with E-state index in [4.69, 9.17) is 0 Å². The van der Waals surface area contributed by atoms with Gasteiger partial charge >= 0.3 is 0 Å². The van der Waals surface area contributed by atoms with Gasteiger partial charge in [0.1, 0.15) is 0 Å². The van der Waals surface area contributed by atoms with E-state index in [1.807, 2.05) is 36.4 Å². The van der Waals surface area contributed by atoms with Crippen molar-refractivity contribution < 1.29 is 4.79 Å². The molecule has 0 heterocycles. The van der Waals surface area contributed by atoms with Crippen LogP contribution in [0.1, 0.15) is 17.3 Å². The maximum Gasteiger partial charge on any atom is 0.160 e. The lowest BCUT2D eigenvalue weighted by molar-refractivity contribution is 0.101. The third-order valence-electron chi connectivity index (χ3n) is 2.22. The highest BCUT2D eigenvalue weighted by Gasteiger charge is 2.04. The lowest BCUT2D eigenvalue weighted by atomic mass is 10.0. The highest BCUT2D eigenvalue weighted by Crippen LogP contribution is 2.21. The summed E-state index contributed by atoms with van der Waals surface area (Å²) in [6, 6.07) is 12.0. The fraction of sp³-hybridized carbons (Fsp3) is 0.0833. The third-order valence-corrected chi connectivity index (χ3v) is 2.89. The van der Waals surface area contributed by atoms with Gasteiger partial charge in [0.15, 0.2) is 5.78 Å². The Labute approximate surface area is 96.3 Å². The molecule has 2 aromatic carbocycles. The van der Waals surface area contributed by atoms with Crippen LogP contribution in [-0.2, 0) is 0 Å². The Balaban J connectivity index is 2.84. The van der Waals surface area contributed by atoms with E-state index in [0.29, 0.717) is 0 Å². The Hall–Kier alpha value is -0.900. The van der Waals surface area contributed by atoms with E-state index >= 15 is 0 Å². The Morgan fingerprint density at radius 2 is 2.00 bits per heavy atom. The van der Waals surface area contributed by atoms with Crippen LogP contribution >= 0.6 is 22.6 Å². The molecule has 0 saturated heterocycles. The van der Waals surface area contributed by atoms with Gasteiger partial charge in [-0.1, -0.05) is 24.3 Å². The molecule has 0 aliphatic carbocycles. The number of fused-ring (bicyclic) bond motifs is 1. The van der Waals surface area contributed by atoms with Crippen molar-refractivity contribution in [3.63, 3.8) is 0 Å². The normalized spacial score (nSPS) is 10.4. The average molecular weight is 296 g/mol. The number of benzene rings is 2. The van der Waals surface area contributed by atoms with Crippen molar-refractivity contribution >= 4 is 39.1 Å². The molecular weight excluding hydrogens is 287 g/mol. The van der Waals surface area contributed by atoms with Crippen LogP contribution in [0.3, 0.4) is 0 Å². The molecule has 0 bridgehead atoms. The predicted molar refractivity (Wildman–Crippen MR) is 66.7 cm³/mol. The van der Waals surface area contributed by atoms with Gasteiger partial charge in [-0.15, -0.1) is 0 Å². The zero-order chi connectivity index (χ0) is 10.1. The number of rotatable bonds is 1. The minimum absolute atomic E-state index is 0.123. The number of Topliss-reactive ketones (excluding diaryl/α,β-unsaturated/α-hetero) is 1. The van der Waals surface area contributed by atoms with Gasteiger partial charge < -0.3 is 0 Å². The number of carbonyl (C=O) groups excluding carboxylic acids is 1. The zero-order valence-electron chi connectivity index (χ0n) is 7.75. The SMILES string of the molecule is CC(=O)c1cccc2ccc(I)cc12. The Kier molecular flexibility index (Phi) is 2.54. The molecule has 0 aliphatic rings. The number of hydrogen-bond acceptors (Lipinski definition) is 1. The van der Waals surface area contributed by atoms with E-state index in [9.17, 15) is 4.79 Å². The number of halogens is 1. The highest BCUT2D eigenvalue weighted by molar-refractivity contribution is 14.1. The summed E-state index contributed by atoms with van der Waals surface area (Å²) in [5.74, 6) is 0.123. The number of carbonyl (C=O) groups is 1. The minimum Gasteiger partial charge on any atom is -0.294 e. The molecule has 2 heteroatoms. The van der Waals surface area contributed by atoms with E-state index < -0.39 is 0 Å². The lowest BCUT2D eigenvalue weighted by Crippen LogP contribution is -1.93. The van der Waals surface area contributed by atoms with Crippen molar-refractivity contribution in [3.8, 4) is 0 Å². The van der Waals surface area contributed by atoms with Crippen molar-refractivity contribution in [1.29, 1.82) is 0 Å². The molecule has 14 heavy (non-hydrogen) atoms. The molecule has 0 aromatic heterocycles. The Bertz CT molecular complexity index is 503. The van der Waals surface area contributed by atoms with Gasteiger partial charge in [-0.05, 0) is 52.4 Å². The summed E-state index contributed by atoms with van der Waals surface area (Å²) < 4.78 is 1.16. The topological polar surface area (TPSA) is 17.1 Å². The monoisotopic (exact) mass is 296 g/mol. The summed E-state index contributed by atoms with van der Waals surface area (Å²) >= 11 is 2.26. The minimum atomic E-state index is 0.123. The standard InChI is InChI=1S/C12H9IO/c1-8(14)11-4-2-3-9-5-6-10(13)7-12(9)11/h2-7H,1H3. The maximum absolute atomic E-state index is 11.4. The van der Waals surface area contributed by atoms with Gasteiger partial charge in [-0.2, -0.15) is 0 Å².